The van der Waals surface area contributed by atoms with Gasteiger partial charge >= 0.3 is 5.97 Å². The highest BCUT2D eigenvalue weighted by Gasteiger charge is 2.27. The average molecular weight is 249 g/mol. The van der Waals surface area contributed by atoms with Gasteiger partial charge in [-0.25, -0.2) is 0 Å². The number of nitrogens with zero attached hydrogens (tertiary/aromatic N) is 1. The van der Waals surface area contributed by atoms with Gasteiger partial charge in [-0.3, -0.25) is 9.78 Å². The Balaban J connectivity index is 1.83. The van der Waals surface area contributed by atoms with Crippen LogP contribution < -0.4 is 4.74 Å². The molecular weight excluding hydrogens is 230 g/mol. The number of hydrogen-bond acceptors (Lipinski definition) is 4. The average Bonchev–Trinajstić information content (AvgIpc) is 2.41. The summed E-state index contributed by atoms with van der Waals surface area (Å²) in [6, 6.07) is 3.88. The molecule has 1 aliphatic rings. The van der Waals surface area contributed by atoms with Crippen molar-refractivity contribution in [2.75, 3.05) is 7.11 Å². The fraction of sp³-hybridized carbons (Fsp3) is 0.571. The molecule has 1 aromatic heterocycles. The lowest BCUT2D eigenvalue weighted by Gasteiger charge is -2.27. The van der Waals surface area contributed by atoms with E-state index in [1.54, 1.807) is 6.20 Å². The molecule has 1 saturated carbocycles. The van der Waals surface area contributed by atoms with E-state index in [4.69, 9.17) is 9.47 Å². The highest BCUT2D eigenvalue weighted by molar-refractivity contribution is 5.72. The predicted molar refractivity (Wildman–Crippen MR) is 67.4 cm³/mol. The molecule has 0 amide bonds. The van der Waals surface area contributed by atoms with E-state index < -0.39 is 0 Å². The smallest absolute Gasteiger partial charge is 0.308 e. The maximum absolute atomic E-state index is 11.4. The molecule has 2 rings (SSSR count). The maximum Gasteiger partial charge on any atom is 0.308 e. The highest BCUT2D eigenvalue weighted by Crippen LogP contribution is 2.28. The Morgan fingerprint density at radius 1 is 1.28 bits per heavy atom. The molecule has 0 unspecified atom stereocenters. The van der Waals surface area contributed by atoms with Crippen LogP contribution in [0, 0.1) is 12.8 Å². The zero-order valence-electron chi connectivity index (χ0n) is 10.9. The molecule has 18 heavy (non-hydrogen) atoms. The van der Waals surface area contributed by atoms with Crippen LogP contribution >= 0.6 is 0 Å². The molecule has 4 nitrogen and oxygen atoms in total. The summed E-state index contributed by atoms with van der Waals surface area (Å²) in [5, 5.41) is 0. The molecule has 4 heteroatoms. The quantitative estimate of drug-likeness (QED) is 0.772. The molecule has 1 fully saturated rings. The lowest BCUT2D eigenvalue weighted by atomic mass is 9.87. The van der Waals surface area contributed by atoms with Gasteiger partial charge in [-0.05, 0) is 44.7 Å². The maximum atomic E-state index is 11.4. The monoisotopic (exact) mass is 249 g/mol. The van der Waals surface area contributed by atoms with Crippen LogP contribution in [0.4, 0.5) is 0 Å². The molecule has 0 spiro atoms. The first kappa shape index (κ1) is 12.9. The van der Waals surface area contributed by atoms with Gasteiger partial charge in [0.15, 0.2) is 0 Å². The van der Waals surface area contributed by atoms with Crippen molar-refractivity contribution in [2.45, 2.75) is 38.7 Å². The SMILES string of the molecule is COC(=O)[C@H]1CC[C@H](Oc2ccc(C)nc2)CC1. The number of hydrogen-bond donors (Lipinski definition) is 0. The van der Waals surface area contributed by atoms with Crippen LogP contribution in [0.25, 0.3) is 0 Å². The van der Waals surface area contributed by atoms with Crippen molar-refractivity contribution < 1.29 is 14.3 Å². The van der Waals surface area contributed by atoms with Gasteiger partial charge in [-0.15, -0.1) is 0 Å². The second kappa shape index (κ2) is 5.85. The molecular formula is C14H19NO3. The summed E-state index contributed by atoms with van der Waals surface area (Å²) >= 11 is 0. The van der Waals surface area contributed by atoms with Gasteiger partial charge in [0.2, 0.25) is 0 Å². The van der Waals surface area contributed by atoms with E-state index in [1.165, 1.54) is 7.11 Å². The fourth-order valence-corrected chi connectivity index (χ4v) is 2.30. The lowest BCUT2D eigenvalue weighted by molar-refractivity contribution is -0.147. The second-order valence-corrected chi connectivity index (χ2v) is 4.75. The van der Waals surface area contributed by atoms with E-state index in [1.807, 2.05) is 19.1 Å². The number of methoxy groups -OCH3 is 1. The van der Waals surface area contributed by atoms with E-state index in [2.05, 4.69) is 4.98 Å². The van der Waals surface area contributed by atoms with Crippen molar-refractivity contribution in [3.8, 4) is 5.75 Å². The van der Waals surface area contributed by atoms with Crippen LogP contribution in [0.15, 0.2) is 18.3 Å². The third-order valence-electron chi connectivity index (χ3n) is 3.40. The summed E-state index contributed by atoms with van der Waals surface area (Å²) in [6.07, 6.45) is 5.42. The Morgan fingerprint density at radius 2 is 2.00 bits per heavy atom. The summed E-state index contributed by atoms with van der Waals surface area (Å²) in [7, 11) is 1.45. The van der Waals surface area contributed by atoms with E-state index >= 15 is 0 Å². The Bertz CT molecular complexity index is 394. The fourth-order valence-electron chi connectivity index (χ4n) is 2.30. The Labute approximate surface area is 107 Å². The van der Waals surface area contributed by atoms with Crippen LogP contribution in [-0.2, 0) is 9.53 Å². The van der Waals surface area contributed by atoms with Crippen LogP contribution in [0.2, 0.25) is 0 Å². The van der Waals surface area contributed by atoms with Gasteiger partial charge in [0.05, 0.1) is 25.3 Å². The van der Waals surface area contributed by atoms with E-state index in [-0.39, 0.29) is 18.0 Å². The molecule has 0 saturated heterocycles. The van der Waals surface area contributed by atoms with Crippen molar-refractivity contribution in [2.24, 2.45) is 5.92 Å². The minimum atomic E-state index is -0.0922. The number of aryl methyl sites for hydroxylation is 1. The molecule has 0 aromatic carbocycles. The van der Waals surface area contributed by atoms with Gasteiger partial charge in [0.1, 0.15) is 5.75 Å². The van der Waals surface area contributed by atoms with Crippen molar-refractivity contribution >= 4 is 5.97 Å². The number of carbonyl (C=O) groups excluding carboxylic acids is 1. The number of ether oxygens (including phenoxy) is 2. The molecule has 0 N–H and O–H groups in total. The first-order chi connectivity index (χ1) is 8.69. The molecule has 0 bridgehead atoms. The third kappa shape index (κ3) is 3.22. The number of pyridine rings is 1. The lowest BCUT2D eigenvalue weighted by Crippen LogP contribution is -2.28. The van der Waals surface area contributed by atoms with Gasteiger partial charge < -0.3 is 9.47 Å². The summed E-state index contributed by atoms with van der Waals surface area (Å²) in [5.41, 5.74) is 0.983. The Kier molecular flexibility index (Phi) is 4.18. The number of aromatic nitrogens is 1. The van der Waals surface area contributed by atoms with E-state index in [9.17, 15) is 4.79 Å². The van der Waals surface area contributed by atoms with Gasteiger partial charge in [-0.2, -0.15) is 0 Å². The van der Waals surface area contributed by atoms with Crippen molar-refractivity contribution in [1.82, 2.24) is 4.98 Å². The number of esters is 1. The van der Waals surface area contributed by atoms with E-state index in [0.717, 1.165) is 37.1 Å². The van der Waals surface area contributed by atoms with Crippen molar-refractivity contribution in [3.63, 3.8) is 0 Å². The van der Waals surface area contributed by atoms with Crippen molar-refractivity contribution in [1.29, 1.82) is 0 Å². The molecule has 0 radical (unpaired) electrons. The molecule has 0 atom stereocenters. The summed E-state index contributed by atoms with van der Waals surface area (Å²) in [5.74, 6) is 0.763. The normalized spacial score (nSPS) is 23.4. The van der Waals surface area contributed by atoms with Crippen LogP contribution in [0.5, 0.6) is 5.75 Å². The van der Waals surface area contributed by atoms with Gasteiger partial charge in [0, 0.05) is 5.69 Å². The van der Waals surface area contributed by atoms with Crippen molar-refractivity contribution in [3.05, 3.63) is 24.0 Å². The first-order valence-electron chi connectivity index (χ1n) is 6.36. The van der Waals surface area contributed by atoms with Crippen LogP contribution in [-0.4, -0.2) is 24.2 Å². The minimum Gasteiger partial charge on any atom is -0.489 e. The molecule has 1 aliphatic carbocycles. The van der Waals surface area contributed by atoms with Crippen LogP contribution in [0.1, 0.15) is 31.4 Å². The molecule has 1 heterocycles. The second-order valence-electron chi connectivity index (χ2n) is 4.75. The Hall–Kier alpha value is -1.58. The minimum absolute atomic E-state index is 0.0472. The molecule has 98 valence electrons. The van der Waals surface area contributed by atoms with Gasteiger partial charge in [0.25, 0.3) is 0 Å². The summed E-state index contributed by atoms with van der Waals surface area (Å²) in [4.78, 5) is 15.6. The Morgan fingerprint density at radius 3 is 2.56 bits per heavy atom. The standard InChI is InChI=1S/C14H19NO3/c1-10-3-6-13(9-15-10)18-12-7-4-11(5-8-12)14(16)17-2/h3,6,9,11-12H,4-5,7-8H2,1-2H3/t11-,12-. The predicted octanol–water partition coefficient (Wildman–Crippen LogP) is 2.50. The number of carbonyl (C=O) groups is 1. The highest BCUT2D eigenvalue weighted by atomic mass is 16.5. The topological polar surface area (TPSA) is 48.4 Å². The first-order valence-corrected chi connectivity index (χ1v) is 6.36. The largest absolute Gasteiger partial charge is 0.489 e. The number of rotatable bonds is 3. The summed E-state index contributed by atoms with van der Waals surface area (Å²) in [6.45, 7) is 1.95. The van der Waals surface area contributed by atoms with E-state index in [0.29, 0.717) is 0 Å². The summed E-state index contributed by atoms with van der Waals surface area (Å²) < 4.78 is 10.6. The zero-order chi connectivity index (χ0) is 13.0. The molecule has 1 aromatic rings. The third-order valence-corrected chi connectivity index (χ3v) is 3.40. The molecule has 0 aliphatic heterocycles. The zero-order valence-corrected chi connectivity index (χ0v) is 10.9. The van der Waals surface area contributed by atoms with Gasteiger partial charge in [-0.1, -0.05) is 0 Å². The van der Waals surface area contributed by atoms with Crippen LogP contribution in [0.3, 0.4) is 0 Å².